The summed E-state index contributed by atoms with van der Waals surface area (Å²) in [4.78, 5) is 20.8. The van der Waals surface area contributed by atoms with Crippen LogP contribution in [0, 0.1) is 0 Å². The standard InChI is InChI=1S/C10H10O2.C9H8O2/c1-2-8-3-5-9(6-4-8)7-10(11)12;1-2-7-5-3-4-6-8(7)9(10)11/h2-6H,1,7H2,(H,11,12);2-6H,1H2,(H,10,11). The van der Waals surface area contributed by atoms with Gasteiger partial charge in [0.2, 0.25) is 0 Å². The van der Waals surface area contributed by atoms with Gasteiger partial charge in [0.25, 0.3) is 0 Å². The maximum atomic E-state index is 10.5. The molecule has 0 bridgehead atoms. The number of aromatic carboxylic acids is 1. The Morgan fingerprint density at radius 3 is 1.96 bits per heavy atom. The molecule has 0 aliphatic rings. The van der Waals surface area contributed by atoms with Crippen molar-refractivity contribution < 1.29 is 19.8 Å². The fourth-order valence-corrected chi connectivity index (χ4v) is 1.82. The molecule has 2 aromatic carbocycles. The first-order chi connectivity index (χ1) is 11.0. The molecule has 0 spiro atoms. The summed E-state index contributed by atoms with van der Waals surface area (Å²) < 4.78 is 0. The van der Waals surface area contributed by atoms with Gasteiger partial charge in [-0.3, -0.25) is 4.79 Å². The van der Waals surface area contributed by atoms with Crippen molar-refractivity contribution in [1.82, 2.24) is 0 Å². The highest BCUT2D eigenvalue weighted by Gasteiger charge is 2.04. The van der Waals surface area contributed by atoms with Crippen LogP contribution in [0.15, 0.2) is 61.7 Å². The van der Waals surface area contributed by atoms with E-state index in [0.29, 0.717) is 11.1 Å². The first-order valence-electron chi connectivity index (χ1n) is 6.86. The second-order valence-electron chi connectivity index (χ2n) is 4.61. The van der Waals surface area contributed by atoms with Crippen LogP contribution in [0.25, 0.3) is 12.2 Å². The Kier molecular flexibility index (Phi) is 7.01. The zero-order valence-electron chi connectivity index (χ0n) is 12.6. The van der Waals surface area contributed by atoms with Crippen molar-refractivity contribution in [3.8, 4) is 0 Å². The van der Waals surface area contributed by atoms with Crippen LogP contribution in [0.3, 0.4) is 0 Å². The summed E-state index contributed by atoms with van der Waals surface area (Å²) >= 11 is 0. The van der Waals surface area contributed by atoms with Crippen molar-refractivity contribution in [3.63, 3.8) is 0 Å². The van der Waals surface area contributed by atoms with Gasteiger partial charge in [-0.15, -0.1) is 0 Å². The smallest absolute Gasteiger partial charge is 0.336 e. The van der Waals surface area contributed by atoms with E-state index in [1.54, 1.807) is 42.5 Å². The topological polar surface area (TPSA) is 74.6 Å². The van der Waals surface area contributed by atoms with Crippen LogP contribution in [0.4, 0.5) is 0 Å². The Labute approximate surface area is 135 Å². The summed E-state index contributed by atoms with van der Waals surface area (Å²) in [7, 11) is 0. The largest absolute Gasteiger partial charge is 0.481 e. The molecule has 118 valence electrons. The molecule has 4 nitrogen and oxygen atoms in total. The summed E-state index contributed by atoms with van der Waals surface area (Å²) in [5.74, 6) is -1.72. The Balaban J connectivity index is 0.000000231. The quantitative estimate of drug-likeness (QED) is 0.876. The average molecular weight is 310 g/mol. The van der Waals surface area contributed by atoms with Gasteiger partial charge in [-0.05, 0) is 22.8 Å². The summed E-state index contributed by atoms with van der Waals surface area (Å²) in [6.45, 7) is 7.12. The van der Waals surface area contributed by atoms with Crippen molar-refractivity contribution >= 4 is 24.1 Å². The molecule has 0 amide bonds. The van der Waals surface area contributed by atoms with E-state index in [4.69, 9.17) is 10.2 Å². The molecule has 0 aliphatic heterocycles. The van der Waals surface area contributed by atoms with E-state index < -0.39 is 11.9 Å². The lowest BCUT2D eigenvalue weighted by Gasteiger charge is -1.97. The minimum Gasteiger partial charge on any atom is -0.481 e. The van der Waals surface area contributed by atoms with E-state index in [9.17, 15) is 9.59 Å². The molecule has 23 heavy (non-hydrogen) atoms. The molecule has 4 heteroatoms. The zero-order chi connectivity index (χ0) is 17.2. The molecular weight excluding hydrogens is 292 g/mol. The molecule has 2 aromatic rings. The summed E-state index contributed by atoms with van der Waals surface area (Å²) in [5.41, 5.74) is 2.76. The third kappa shape index (κ3) is 6.01. The molecule has 0 saturated carbocycles. The summed E-state index contributed by atoms with van der Waals surface area (Å²) in [6.07, 6.45) is 3.34. The van der Waals surface area contributed by atoms with E-state index in [0.717, 1.165) is 11.1 Å². The van der Waals surface area contributed by atoms with Crippen molar-refractivity contribution in [2.24, 2.45) is 0 Å². The lowest BCUT2D eigenvalue weighted by Crippen LogP contribution is -1.99. The van der Waals surface area contributed by atoms with Crippen molar-refractivity contribution in [1.29, 1.82) is 0 Å². The first-order valence-corrected chi connectivity index (χ1v) is 6.86. The van der Waals surface area contributed by atoms with Crippen molar-refractivity contribution in [2.45, 2.75) is 6.42 Å². The van der Waals surface area contributed by atoms with Gasteiger partial charge in [0.05, 0.1) is 12.0 Å². The van der Waals surface area contributed by atoms with Crippen LogP contribution in [-0.2, 0) is 11.2 Å². The fourth-order valence-electron chi connectivity index (χ4n) is 1.82. The van der Waals surface area contributed by atoms with E-state index in [1.807, 2.05) is 12.1 Å². The molecule has 0 aliphatic carbocycles. The Bertz CT molecular complexity index is 700. The first kappa shape index (κ1) is 17.9. The molecule has 2 rings (SSSR count). The van der Waals surface area contributed by atoms with Gasteiger partial charge in [-0.25, -0.2) is 4.79 Å². The monoisotopic (exact) mass is 310 g/mol. The zero-order valence-corrected chi connectivity index (χ0v) is 12.6. The highest BCUT2D eigenvalue weighted by molar-refractivity contribution is 5.91. The van der Waals surface area contributed by atoms with Gasteiger partial charge < -0.3 is 10.2 Å². The van der Waals surface area contributed by atoms with E-state index >= 15 is 0 Å². The number of benzene rings is 2. The number of rotatable bonds is 5. The Hall–Kier alpha value is -3.14. The third-order valence-electron chi connectivity index (χ3n) is 2.98. The van der Waals surface area contributed by atoms with Crippen LogP contribution in [0.1, 0.15) is 27.0 Å². The number of aliphatic carboxylic acids is 1. The van der Waals surface area contributed by atoms with Crippen LogP contribution in [0.2, 0.25) is 0 Å². The number of carboxylic acids is 2. The van der Waals surface area contributed by atoms with Crippen LogP contribution < -0.4 is 0 Å². The molecule has 2 N–H and O–H groups in total. The Morgan fingerprint density at radius 2 is 1.52 bits per heavy atom. The lowest BCUT2D eigenvalue weighted by molar-refractivity contribution is -0.136. The normalized spacial score (nSPS) is 9.22. The predicted molar refractivity (Wildman–Crippen MR) is 91.4 cm³/mol. The van der Waals surface area contributed by atoms with Gasteiger partial charge in [0.15, 0.2) is 0 Å². The maximum Gasteiger partial charge on any atom is 0.336 e. The van der Waals surface area contributed by atoms with Crippen LogP contribution >= 0.6 is 0 Å². The number of carboxylic acid groups (broad SMARTS) is 2. The third-order valence-corrected chi connectivity index (χ3v) is 2.98. The minimum atomic E-state index is -0.916. The molecule has 0 unspecified atom stereocenters. The molecule has 0 atom stereocenters. The fraction of sp³-hybridized carbons (Fsp3) is 0.0526. The molecular formula is C19H18O4. The van der Waals surface area contributed by atoms with E-state index in [-0.39, 0.29) is 6.42 Å². The van der Waals surface area contributed by atoms with E-state index in [1.165, 1.54) is 6.08 Å². The second kappa shape index (κ2) is 9.00. The molecule has 0 fully saturated rings. The maximum absolute atomic E-state index is 10.5. The lowest BCUT2D eigenvalue weighted by atomic mass is 10.1. The number of carbonyl (C=O) groups is 2. The summed E-state index contributed by atoms with van der Waals surface area (Å²) in [6, 6.07) is 14.0. The summed E-state index contributed by atoms with van der Waals surface area (Å²) in [5, 5.41) is 17.1. The highest BCUT2D eigenvalue weighted by atomic mass is 16.4. The van der Waals surface area contributed by atoms with Gasteiger partial charge in [-0.1, -0.05) is 67.8 Å². The minimum absolute atomic E-state index is 0.0808. The number of hydrogen-bond acceptors (Lipinski definition) is 2. The molecule has 0 radical (unpaired) electrons. The highest BCUT2D eigenvalue weighted by Crippen LogP contribution is 2.09. The van der Waals surface area contributed by atoms with Crippen LogP contribution in [0.5, 0.6) is 0 Å². The Morgan fingerprint density at radius 1 is 0.913 bits per heavy atom. The van der Waals surface area contributed by atoms with Gasteiger partial charge >= 0.3 is 11.9 Å². The van der Waals surface area contributed by atoms with Crippen molar-refractivity contribution in [3.05, 3.63) is 83.9 Å². The number of hydrogen-bond donors (Lipinski definition) is 2. The molecule has 0 heterocycles. The molecule has 0 aromatic heterocycles. The van der Waals surface area contributed by atoms with Crippen LogP contribution in [-0.4, -0.2) is 22.2 Å². The SMILES string of the molecule is C=Cc1ccc(CC(=O)O)cc1.C=Cc1ccccc1C(=O)O. The average Bonchev–Trinajstić information content (AvgIpc) is 2.55. The van der Waals surface area contributed by atoms with E-state index in [2.05, 4.69) is 13.2 Å². The van der Waals surface area contributed by atoms with Gasteiger partial charge in [0, 0.05) is 0 Å². The molecule has 0 saturated heterocycles. The predicted octanol–water partition coefficient (Wildman–Crippen LogP) is 3.98. The van der Waals surface area contributed by atoms with Crippen molar-refractivity contribution in [2.75, 3.05) is 0 Å². The van der Waals surface area contributed by atoms with Gasteiger partial charge in [0.1, 0.15) is 0 Å². The van der Waals surface area contributed by atoms with Gasteiger partial charge in [-0.2, -0.15) is 0 Å². The second-order valence-corrected chi connectivity index (χ2v) is 4.61.